The summed E-state index contributed by atoms with van der Waals surface area (Å²) in [6, 6.07) is 18.7. The van der Waals surface area contributed by atoms with Crippen molar-refractivity contribution < 1.29 is 19.1 Å². The quantitative estimate of drug-likeness (QED) is 0.416. The van der Waals surface area contributed by atoms with E-state index in [1.165, 1.54) is 4.90 Å². The number of furan rings is 1. The van der Waals surface area contributed by atoms with Crippen molar-refractivity contribution in [3.63, 3.8) is 0 Å². The molecule has 0 spiro atoms. The number of hydrogen-bond acceptors (Lipinski definition) is 4. The van der Waals surface area contributed by atoms with Gasteiger partial charge in [-0.1, -0.05) is 48.0 Å². The highest BCUT2D eigenvalue weighted by atomic mass is 16.3. The molecule has 1 fully saturated rings. The molecule has 140 valence electrons. The average molecular weight is 373 g/mol. The summed E-state index contributed by atoms with van der Waals surface area (Å²) in [7, 11) is 0. The lowest BCUT2D eigenvalue weighted by molar-refractivity contribution is -0.132. The van der Waals surface area contributed by atoms with Crippen LogP contribution in [0.2, 0.25) is 0 Å². The van der Waals surface area contributed by atoms with Gasteiger partial charge in [0.1, 0.15) is 23.3 Å². The van der Waals surface area contributed by atoms with Gasteiger partial charge in [0.2, 0.25) is 0 Å². The third kappa shape index (κ3) is 2.91. The van der Waals surface area contributed by atoms with E-state index in [0.717, 1.165) is 5.56 Å². The molecule has 0 aliphatic carbocycles. The largest absolute Gasteiger partial charge is 0.507 e. The first-order valence-electron chi connectivity index (χ1n) is 8.97. The molecular formula is C23H19NO4. The van der Waals surface area contributed by atoms with Gasteiger partial charge in [0.05, 0.1) is 5.57 Å². The van der Waals surface area contributed by atoms with Gasteiger partial charge in [-0.2, -0.15) is 0 Å². The number of ketones is 1. The molecule has 1 aliphatic heterocycles. The highest BCUT2D eigenvalue weighted by molar-refractivity contribution is 6.51. The smallest absolute Gasteiger partial charge is 0.300 e. The van der Waals surface area contributed by atoms with Crippen molar-refractivity contribution in [2.45, 2.75) is 19.9 Å². The number of carbonyl (C=O) groups excluding carboxylic acids is 2. The number of hydrogen-bond donors (Lipinski definition) is 1. The number of benzene rings is 2. The van der Waals surface area contributed by atoms with Crippen LogP contribution in [-0.2, 0) is 9.59 Å². The van der Waals surface area contributed by atoms with Crippen LogP contribution in [-0.4, -0.2) is 16.8 Å². The molecule has 1 unspecified atom stereocenters. The second-order valence-corrected chi connectivity index (χ2v) is 6.82. The Morgan fingerprint density at radius 1 is 0.929 bits per heavy atom. The summed E-state index contributed by atoms with van der Waals surface area (Å²) in [5.74, 6) is -0.561. The van der Waals surface area contributed by atoms with E-state index in [-0.39, 0.29) is 11.3 Å². The highest BCUT2D eigenvalue weighted by Crippen LogP contribution is 2.42. The number of anilines is 1. The highest BCUT2D eigenvalue weighted by Gasteiger charge is 2.48. The molecule has 0 bridgehead atoms. The monoisotopic (exact) mass is 373 g/mol. The van der Waals surface area contributed by atoms with Crippen LogP contribution < -0.4 is 4.90 Å². The minimum Gasteiger partial charge on any atom is -0.507 e. The molecule has 2 heterocycles. The Morgan fingerprint density at radius 3 is 2.21 bits per heavy atom. The summed E-state index contributed by atoms with van der Waals surface area (Å²) < 4.78 is 5.76. The number of aryl methyl sites for hydroxylation is 2. The Hall–Kier alpha value is -3.60. The second kappa shape index (κ2) is 6.85. The molecule has 0 radical (unpaired) electrons. The molecule has 1 amide bonds. The Labute approximate surface area is 162 Å². The average Bonchev–Trinajstić information content (AvgIpc) is 3.24. The molecule has 1 aromatic heterocycles. The second-order valence-electron chi connectivity index (χ2n) is 6.82. The maximum absolute atomic E-state index is 12.9. The van der Waals surface area contributed by atoms with Crippen LogP contribution in [0.1, 0.15) is 28.7 Å². The maximum atomic E-state index is 12.9. The normalized spacial score (nSPS) is 18.6. The summed E-state index contributed by atoms with van der Waals surface area (Å²) in [4.78, 5) is 27.2. The Kier molecular flexibility index (Phi) is 4.35. The number of carbonyl (C=O) groups is 2. The SMILES string of the molecule is Cc1ccc(/C(O)=C2/C(=O)C(=O)N(c3ccccc3)C2c2ccc(C)o2)cc1. The molecule has 3 aromatic rings. The summed E-state index contributed by atoms with van der Waals surface area (Å²) in [6.07, 6.45) is 0. The molecule has 0 saturated carbocycles. The fraction of sp³-hybridized carbons (Fsp3) is 0.130. The van der Waals surface area contributed by atoms with E-state index in [1.54, 1.807) is 55.5 Å². The molecule has 5 nitrogen and oxygen atoms in total. The van der Waals surface area contributed by atoms with E-state index < -0.39 is 17.7 Å². The maximum Gasteiger partial charge on any atom is 0.300 e. The van der Waals surface area contributed by atoms with Crippen LogP contribution >= 0.6 is 0 Å². The summed E-state index contributed by atoms with van der Waals surface area (Å²) in [5.41, 5.74) is 2.09. The molecule has 4 rings (SSSR count). The number of para-hydroxylation sites is 1. The van der Waals surface area contributed by atoms with E-state index in [4.69, 9.17) is 4.42 Å². The zero-order chi connectivity index (χ0) is 19.8. The van der Waals surface area contributed by atoms with Crippen LogP contribution in [0.25, 0.3) is 5.76 Å². The van der Waals surface area contributed by atoms with Crippen LogP contribution in [0.5, 0.6) is 0 Å². The van der Waals surface area contributed by atoms with E-state index in [9.17, 15) is 14.7 Å². The van der Waals surface area contributed by atoms with Gasteiger partial charge in [0.15, 0.2) is 0 Å². The van der Waals surface area contributed by atoms with Crippen molar-refractivity contribution in [3.05, 3.63) is 95.0 Å². The van der Waals surface area contributed by atoms with Gasteiger partial charge in [-0.05, 0) is 38.1 Å². The molecule has 2 aromatic carbocycles. The number of Topliss-reactive ketones (excluding diaryl/α,β-unsaturated/α-hetero) is 1. The predicted octanol–water partition coefficient (Wildman–Crippen LogP) is 4.52. The summed E-state index contributed by atoms with van der Waals surface area (Å²) >= 11 is 0. The first-order valence-corrected chi connectivity index (χ1v) is 8.97. The van der Waals surface area contributed by atoms with Crippen molar-refractivity contribution in [3.8, 4) is 0 Å². The van der Waals surface area contributed by atoms with Crippen LogP contribution in [0.3, 0.4) is 0 Å². The lowest BCUT2D eigenvalue weighted by atomic mass is 9.98. The zero-order valence-electron chi connectivity index (χ0n) is 15.5. The Morgan fingerprint density at radius 2 is 1.61 bits per heavy atom. The van der Waals surface area contributed by atoms with Crippen LogP contribution in [0.15, 0.2) is 76.7 Å². The van der Waals surface area contributed by atoms with Gasteiger partial charge in [0.25, 0.3) is 11.7 Å². The van der Waals surface area contributed by atoms with E-state index in [2.05, 4.69) is 0 Å². The van der Waals surface area contributed by atoms with Gasteiger partial charge in [-0.15, -0.1) is 0 Å². The Bertz CT molecular complexity index is 1080. The minimum atomic E-state index is -0.836. The van der Waals surface area contributed by atoms with Crippen molar-refractivity contribution in [2.24, 2.45) is 0 Å². The predicted molar refractivity (Wildman–Crippen MR) is 106 cm³/mol. The number of aliphatic hydroxyl groups is 1. The number of nitrogens with zero attached hydrogens (tertiary/aromatic N) is 1. The van der Waals surface area contributed by atoms with Gasteiger partial charge in [-0.3, -0.25) is 14.5 Å². The Balaban J connectivity index is 1.93. The first kappa shape index (κ1) is 17.8. The molecule has 1 N–H and O–H groups in total. The van der Waals surface area contributed by atoms with Crippen molar-refractivity contribution in [2.75, 3.05) is 4.90 Å². The van der Waals surface area contributed by atoms with Crippen LogP contribution in [0.4, 0.5) is 5.69 Å². The van der Waals surface area contributed by atoms with E-state index in [1.807, 2.05) is 25.1 Å². The lowest BCUT2D eigenvalue weighted by Crippen LogP contribution is -2.29. The number of aliphatic hydroxyl groups excluding tert-OH is 1. The molecule has 5 heteroatoms. The zero-order valence-corrected chi connectivity index (χ0v) is 15.5. The van der Waals surface area contributed by atoms with E-state index in [0.29, 0.717) is 22.8 Å². The van der Waals surface area contributed by atoms with Gasteiger partial charge in [-0.25, -0.2) is 0 Å². The molecule has 1 atom stereocenters. The van der Waals surface area contributed by atoms with Crippen LogP contribution in [0, 0.1) is 13.8 Å². The van der Waals surface area contributed by atoms with E-state index >= 15 is 0 Å². The fourth-order valence-electron chi connectivity index (χ4n) is 3.42. The molecule has 1 saturated heterocycles. The van der Waals surface area contributed by atoms with Crippen molar-refractivity contribution in [1.82, 2.24) is 0 Å². The topological polar surface area (TPSA) is 70.8 Å². The number of rotatable bonds is 3. The molecule has 28 heavy (non-hydrogen) atoms. The minimum absolute atomic E-state index is 0.0204. The molecule has 1 aliphatic rings. The third-order valence-corrected chi connectivity index (χ3v) is 4.83. The van der Waals surface area contributed by atoms with Crippen molar-refractivity contribution in [1.29, 1.82) is 0 Å². The fourth-order valence-corrected chi connectivity index (χ4v) is 3.42. The van der Waals surface area contributed by atoms with Gasteiger partial charge in [0, 0.05) is 11.3 Å². The first-order chi connectivity index (χ1) is 13.5. The third-order valence-electron chi connectivity index (χ3n) is 4.83. The van der Waals surface area contributed by atoms with Gasteiger partial charge < -0.3 is 9.52 Å². The van der Waals surface area contributed by atoms with Crippen molar-refractivity contribution >= 4 is 23.1 Å². The summed E-state index contributed by atoms with van der Waals surface area (Å²) in [5, 5.41) is 10.9. The van der Waals surface area contributed by atoms with Gasteiger partial charge >= 0.3 is 0 Å². The number of amides is 1. The summed E-state index contributed by atoms with van der Waals surface area (Å²) in [6.45, 7) is 3.72. The molecular weight excluding hydrogens is 354 g/mol. The lowest BCUT2D eigenvalue weighted by Gasteiger charge is -2.23. The standard InChI is InChI=1S/C23H19NO4/c1-14-8-11-16(12-9-14)21(25)19-20(18-13-10-15(2)28-18)24(23(27)22(19)26)17-6-4-3-5-7-17/h3-13,20,25H,1-2H3/b21-19-.